The van der Waals surface area contributed by atoms with E-state index in [-0.39, 0.29) is 17.4 Å². The van der Waals surface area contributed by atoms with Gasteiger partial charge < -0.3 is 14.8 Å². The fourth-order valence-electron chi connectivity index (χ4n) is 2.38. The van der Waals surface area contributed by atoms with Crippen LogP contribution in [0.25, 0.3) is 0 Å². The van der Waals surface area contributed by atoms with E-state index in [4.69, 9.17) is 21.7 Å². The zero-order chi connectivity index (χ0) is 14.7. The van der Waals surface area contributed by atoms with E-state index in [2.05, 4.69) is 5.32 Å². The van der Waals surface area contributed by atoms with Gasteiger partial charge in [0, 0.05) is 16.5 Å². The van der Waals surface area contributed by atoms with Crippen LogP contribution >= 0.6 is 12.2 Å². The van der Waals surface area contributed by atoms with E-state index in [0.29, 0.717) is 16.2 Å². The summed E-state index contributed by atoms with van der Waals surface area (Å²) >= 11 is 5.47. The molecule has 6 heteroatoms. The highest BCUT2D eigenvalue weighted by molar-refractivity contribution is 7.81. The molecule has 0 amide bonds. The quantitative estimate of drug-likeness (QED) is 0.669. The second kappa shape index (κ2) is 6.45. The minimum atomic E-state index is -2.62. The second-order valence-electron chi connectivity index (χ2n) is 4.61. The van der Waals surface area contributed by atoms with Crippen molar-refractivity contribution in [3.8, 4) is 11.5 Å². The molecule has 1 aromatic rings. The predicted octanol–water partition coefficient (Wildman–Crippen LogP) is 3.11. The fraction of sp³-hybridized carbons (Fsp3) is 0.500. The van der Waals surface area contributed by atoms with Crippen LogP contribution in [0.2, 0.25) is 0 Å². The number of ether oxygens (including phenoxy) is 2. The van der Waals surface area contributed by atoms with E-state index in [1.54, 1.807) is 6.07 Å². The Balaban J connectivity index is 2.43. The molecular formula is C14H17F2NO2S. The zero-order valence-corrected chi connectivity index (χ0v) is 12.2. The van der Waals surface area contributed by atoms with Crippen LogP contribution in [0.15, 0.2) is 12.1 Å². The van der Waals surface area contributed by atoms with Gasteiger partial charge in [0.25, 0.3) is 6.43 Å². The largest absolute Gasteiger partial charge is 0.496 e. The molecule has 1 aromatic carbocycles. The zero-order valence-electron chi connectivity index (χ0n) is 11.4. The molecule has 1 N–H and O–H groups in total. The first kappa shape index (κ1) is 15.1. The molecular weight excluding hydrogens is 284 g/mol. The molecule has 0 saturated carbocycles. The smallest absolute Gasteiger partial charge is 0.267 e. The molecule has 1 heterocycles. The Bertz CT molecular complexity index is 502. The summed E-state index contributed by atoms with van der Waals surface area (Å²) in [5.41, 5.74) is 0.457. The number of hydrogen-bond acceptors (Lipinski definition) is 4. The van der Waals surface area contributed by atoms with Gasteiger partial charge in [-0.1, -0.05) is 12.2 Å². The number of halogens is 2. The monoisotopic (exact) mass is 301 g/mol. The van der Waals surface area contributed by atoms with Crippen molar-refractivity contribution in [1.29, 1.82) is 0 Å². The molecule has 1 aliphatic rings. The highest BCUT2D eigenvalue weighted by Gasteiger charge is 2.25. The molecule has 1 unspecified atom stereocenters. The van der Waals surface area contributed by atoms with Gasteiger partial charge >= 0.3 is 0 Å². The molecule has 0 aromatic heterocycles. The number of rotatable bonds is 5. The van der Waals surface area contributed by atoms with Crippen molar-refractivity contribution in [2.75, 3.05) is 20.8 Å². The lowest BCUT2D eigenvalue weighted by atomic mass is 10.0. The van der Waals surface area contributed by atoms with E-state index in [1.165, 1.54) is 20.3 Å². The summed E-state index contributed by atoms with van der Waals surface area (Å²) in [6.07, 6.45) is -0.619. The van der Waals surface area contributed by atoms with E-state index < -0.39 is 6.43 Å². The number of methoxy groups -OCH3 is 2. The van der Waals surface area contributed by atoms with Gasteiger partial charge in [0.05, 0.1) is 19.8 Å². The summed E-state index contributed by atoms with van der Waals surface area (Å²) in [6.45, 7) is 0.916. The van der Waals surface area contributed by atoms with Crippen LogP contribution in [0.1, 0.15) is 30.4 Å². The van der Waals surface area contributed by atoms with Crippen LogP contribution in [-0.4, -0.2) is 31.7 Å². The van der Waals surface area contributed by atoms with Crippen molar-refractivity contribution in [3.63, 3.8) is 0 Å². The molecule has 2 rings (SSSR count). The Kier molecular flexibility index (Phi) is 4.88. The third-order valence-corrected chi connectivity index (χ3v) is 3.93. The van der Waals surface area contributed by atoms with Crippen molar-refractivity contribution in [2.45, 2.75) is 25.3 Å². The summed E-state index contributed by atoms with van der Waals surface area (Å²) in [7, 11) is 2.82. The molecule has 0 radical (unpaired) electrons. The minimum Gasteiger partial charge on any atom is -0.496 e. The van der Waals surface area contributed by atoms with Gasteiger partial charge in [-0.2, -0.15) is 0 Å². The maximum atomic E-state index is 13.0. The molecule has 3 nitrogen and oxygen atoms in total. The lowest BCUT2D eigenvalue weighted by molar-refractivity contribution is 0.146. The normalized spacial score (nSPS) is 18.4. The highest BCUT2D eigenvalue weighted by atomic mass is 32.1. The lowest BCUT2D eigenvalue weighted by Crippen LogP contribution is -2.30. The third kappa shape index (κ3) is 2.91. The first-order valence-electron chi connectivity index (χ1n) is 6.40. The molecule has 1 saturated heterocycles. The molecule has 1 aliphatic heterocycles. The second-order valence-corrected chi connectivity index (χ2v) is 5.05. The average Bonchev–Trinajstić information content (AvgIpc) is 2.99. The van der Waals surface area contributed by atoms with Crippen molar-refractivity contribution in [2.24, 2.45) is 0 Å². The maximum Gasteiger partial charge on any atom is 0.267 e. The van der Waals surface area contributed by atoms with Gasteiger partial charge in [0.15, 0.2) is 0 Å². The van der Waals surface area contributed by atoms with Crippen molar-refractivity contribution < 1.29 is 18.3 Å². The summed E-state index contributed by atoms with van der Waals surface area (Å²) in [5, 5.41) is 3.30. The van der Waals surface area contributed by atoms with Crippen LogP contribution < -0.4 is 14.8 Å². The van der Waals surface area contributed by atoms with Gasteiger partial charge in [-0.3, -0.25) is 0 Å². The van der Waals surface area contributed by atoms with Crippen LogP contribution in [-0.2, 0) is 0 Å². The number of hydrogen-bond donors (Lipinski definition) is 1. The Morgan fingerprint density at radius 2 is 2.00 bits per heavy atom. The van der Waals surface area contributed by atoms with Gasteiger partial charge in [-0.15, -0.1) is 0 Å². The Labute approximate surface area is 122 Å². The summed E-state index contributed by atoms with van der Waals surface area (Å²) in [5.74, 6) is 0.496. The molecule has 0 aliphatic carbocycles. The topological polar surface area (TPSA) is 30.5 Å². The number of nitrogens with one attached hydrogen (secondary N) is 1. The average molecular weight is 301 g/mol. The van der Waals surface area contributed by atoms with E-state index >= 15 is 0 Å². The highest BCUT2D eigenvalue weighted by Crippen LogP contribution is 2.36. The molecule has 20 heavy (non-hydrogen) atoms. The van der Waals surface area contributed by atoms with E-state index in [9.17, 15) is 8.78 Å². The Morgan fingerprint density at radius 1 is 1.30 bits per heavy atom. The minimum absolute atomic E-state index is 0.0843. The van der Waals surface area contributed by atoms with Crippen molar-refractivity contribution in [3.05, 3.63) is 23.3 Å². The number of alkyl halides is 2. The van der Waals surface area contributed by atoms with Crippen LogP contribution in [0.4, 0.5) is 8.78 Å². The Morgan fingerprint density at radius 3 is 2.50 bits per heavy atom. The standard InChI is InChI=1S/C14H17F2NO2S/c1-18-11-7-9(14(15)16)12(19-2)6-8(11)13(20)10-4-3-5-17-10/h6-7,10,14,17H,3-5H2,1-2H3. The summed E-state index contributed by atoms with van der Waals surface area (Å²) in [4.78, 5) is 0.679. The number of thiocarbonyl (C=S) groups is 1. The van der Waals surface area contributed by atoms with Crippen molar-refractivity contribution in [1.82, 2.24) is 5.32 Å². The van der Waals surface area contributed by atoms with Crippen LogP contribution in [0, 0.1) is 0 Å². The summed E-state index contributed by atoms with van der Waals surface area (Å²) in [6, 6.07) is 2.93. The SMILES string of the molecule is COc1cc(C(F)F)c(OC)cc1C(=S)C1CCCN1. The van der Waals surface area contributed by atoms with Gasteiger partial charge in [-0.25, -0.2) is 8.78 Å². The van der Waals surface area contributed by atoms with Gasteiger partial charge in [-0.05, 0) is 31.5 Å². The molecule has 0 spiro atoms. The molecule has 1 fully saturated rings. The predicted molar refractivity (Wildman–Crippen MR) is 77.2 cm³/mol. The lowest BCUT2D eigenvalue weighted by Gasteiger charge is -2.18. The van der Waals surface area contributed by atoms with Crippen LogP contribution in [0.3, 0.4) is 0 Å². The maximum absolute atomic E-state index is 13.0. The fourth-order valence-corrected chi connectivity index (χ4v) is 2.74. The first-order valence-corrected chi connectivity index (χ1v) is 6.81. The third-order valence-electron chi connectivity index (χ3n) is 3.43. The van der Waals surface area contributed by atoms with Gasteiger partial charge in [0.1, 0.15) is 11.5 Å². The molecule has 1 atom stereocenters. The number of benzene rings is 1. The van der Waals surface area contributed by atoms with E-state index in [1.807, 2.05) is 0 Å². The van der Waals surface area contributed by atoms with Crippen LogP contribution in [0.5, 0.6) is 11.5 Å². The summed E-state index contributed by atoms with van der Waals surface area (Å²) < 4.78 is 36.2. The molecule has 110 valence electrons. The molecule has 0 bridgehead atoms. The Hall–Kier alpha value is -1.27. The van der Waals surface area contributed by atoms with E-state index in [0.717, 1.165) is 19.4 Å². The first-order chi connectivity index (χ1) is 9.58. The van der Waals surface area contributed by atoms with Crippen molar-refractivity contribution >= 4 is 17.1 Å². The van der Waals surface area contributed by atoms with Gasteiger partial charge in [0.2, 0.25) is 0 Å².